The number of likely N-dealkylation sites (N-methyl/N-ethyl adjacent to an activating group) is 1. The highest BCUT2D eigenvalue weighted by Crippen LogP contribution is 2.31. The number of nitrogens with zero attached hydrogens (tertiary/aromatic N) is 1. The molecule has 4 nitrogen and oxygen atoms in total. The zero-order valence-corrected chi connectivity index (χ0v) is 15.6. The van der Waals surface area contributed by atoms with Crippen LogP contribution in [-0.2, 0) is 11.2 Å². The summed E-state index contributed by atoms with van der Waals surface area (Å²) in [5.74, 6) is -0.620. The first-order valence-corrected chi connectivity index (χ1v) is 8.97. The third-order valence-corrected chi connectivity index (χ3v) is 4.91. The lowest BCUT2D eigenvalue weighted by molar-refractivity contribution is -0.138. The zero-order valence-electron chi connectivity index (χ0n) is 13.2. The first-order valence-electron chi connectivity index (χ1n) is 7.29. The summed E-state index contributed by atoms with van der Waals surface area (Å²) in [6.45, 7) is 1.38. The molecule has 0 aliphatic carbocycles. The third kappa shape index (κ3) is 5.34. The van der Waals surface area contributed by atoms with Crippen LogP contribution in [0.25, 0.3) is 0 Å². The van der Waals surface area contributed by atoms with E-state index >= 15 is 0 Å². The van der Waals surface area contributed by atoms with Gasteiger partial charge in [0.25, 0.3) is 0 Å². The van der Waals surface area contributed by atoms with E-state index in [0.717, 1.165) is 27.2 Å². The van der Waals surface area contributed by atoms with Crippen LogP contribution in [0, 0.1) is 0 Å². The van der Waals surface area contributed by atoms with Gasteiger partial charge in [-0.15, -0.1) is 11.3 Å². The minimum atomic E-state index is -0.813. The molecule has 0 bridgehead atoms. The maximum atomic E-state index is 11.6. The van der Waals surface area contributed by atoms with E-state index < -0.39 is 11.9 Å². The second-order valence-electron chi connectivity index (χ2n) is 5.51. The van der Waals surface area contributed by atoms with Crippen LogP contribution < -0.4 is 4.74 Å². The Bertz CT molecular complexity index is 643. The zero-order chi connectivity index (χ0) is 16.8. The van der Waals surface area contributed by atoms with Gasteiger partial charge in [-0.1, -0.05) is 22.0 Å². The van der Waals surface area contributed by atoms with E-state index in [9.17, 15) is 9.90 Å². The van der Waals surface area contributed by atoms with E-state index in [1.165, 1.54) is 11.3 Å². The second kappa shape index (κ2) is 8.47. The van der Waals surface area contributed by atoms with Crippen LogP contribution >= 0.6 is 27.3 Å². The Morgan fingerprint density at radius 1 is 1.39 bits per heavy atom. The number of carboxylic acids is 1. The highest BCUT2D eigenvalue weighted by Gasteiger charge is 2.23. The molecule has 23 heavy (non-hydrogen) atoms. The summed E-state index contributed by atoms with van der Waals surface area (Å²) in [6, 6.07) is 9.49. The summed E-state index contributed by atoms with van der Waals surface area (Å²) in [7, 11) is 3.98. The van der Waals surface area contributed by atoms with Crippen molar-refractivity contribution >= 4 is 33.2 Å². The number of ether oxygens (including phenoxy) is 1. The molecule has 2 rings (SSSR count). The Balaban J connectivity index is 2.19. The van der Waals surface area contributed by atoms with Crippen LogP contribution in [-0.4, -0.2) is 43.2 Å². The fraction of sp³-hybridized carbons (Fsp3) is 0.353. The molecule has 0 radical (unpaired) electrons. The van der Waals surface area contributed by atoms with Crippen LogP contribution in [0.1, 0.15) is 16.4 Å². The van der Waals surface area contributed by atoms with E-state index in [4.69, 9.17) is 4.74 Å². The highest BCUT2D eigenvalue weighted by molar-refractivity contribution is 9.10. The van der Waals surface area contributed by atoms with E-state index in [1.807, 2.05) is 54.7 Å². The summed E-state index contributed by atoms with van der Waals surface area (Å²) in [4.78, 5) is 14.6. The van der Waals surface area contributed by atoms with Gasteiger partial charge in [-0.05, 0) is 55.7 Å². The molecule has 1 aromatic heterocycles. The Morgan fingerprint density at radius 3 is 2.78 bits per heavy atom. The molecule has 124 valence electrons. The molecular formula is C17H20BrNO3S. The Kier molecular flexibility index (Phi) is 6.62. The number of hydrogen-bond acceptors (Lipinski definition) is 4. The number of hydrogen-bond donors (Lipinski definition) is 1. The van der Waals surface area contributed by atoms with Gasteiger partial charge in [0, 0.05) is 15.9 Å². The number of rotatable bonds is 8. The Hall–Kier alpha value is -1.37. The molecule has 0 saturated heterocycles. The van der Waals surface area contributed by atoms with Gasteiger partial charge >= 0.3 is 5.97 Å². The molecule has 0 spiro atoms. The minimum Gasteiger partial charge on any atom is -0.492 e. The van der Waals surface area contributed by atoms with E-state index in [2.05, 4.69) is 15.9 Å². The molecule has 1 unspecified atom stereocenters. The average molecular weight is 398 g/mol. The van der Waals surface area contributed by atoms with Crippen molar-refractivity contribution in [3.05, 3.63) is 50.6 Å². The fourth-order valence-electron chi connectivity index (χ4n) is 2.21. The summed E-state index contributed by atoms with van der Waals surface area (Å²) in [5.41, 5.74) is 0.902. The van der Waals surface area contributed by atoms with E-state index in [-0.39, 0.29) is 0 Å². The summed E-state index contributed by atoms with van der Waals surface area (Å²) >= 11 is 4.93. The predicted molar refractivity (Wildman–Crippen MR) is 96.6 cm³/mol. The maximum Gasteiger partial charge on any atom is 0.312 e. The molecule has 6 heteroatoms. The molecule has 1 N–H and O–H groups in total. The lowest BCUT2D eigenvalue weighted by Gasteiger charge is -2.17. The number of aliphatic carboxylic acids is 1. The second-order valence-corrected chi connectivity index (χ2v) is 7.41. The van der Waals surface area contributed by atoms with Crippen molar-refractivity contribution in [1.29, 1.82) is 0 Å². The van der Waals surface area contributed by atoms with Gasteiger partial charge < -0.3 is 14.7 Å². The van der Waals surface area contributed by atoms with Crippen molar-refractivity contribution < 1.29 is 14.6 Å². The topological polar surface area (TPSA) is 49.8 Å². The summed E-state index contributed by atoms with van der Waals surface area (Å²) < 4.78 is 6.77. The molecule has 0 aliphatic heterocycles. The minimum absolute atomic E-state index is 0.409. The van der Waals surface area contributed by atoms with E-state index in [0.29, 0.717) is 13.0 Å². The third-order valence-electron chi connectivity index (χ3n) is 3.43. The summed E-state index contributed by atoms with van der Waals surface area (Å²) in [6.07, 6.45) is 0.409. The van der Waals surface area contributed by atoms with Crippen LogP contribution in [0.5, 0.6) is 5.75 Å². The smallest absolute Gasteiger partial charge is 0.312 e. The van der Waals surface area contributed by atoms with Crippen molar-refractivity contribution in [1.82, 2.24) is 4.90 Å². The number of halogens is 1. The van der Waals surface area contributed by atoms with Crippen molar-refractivity contribution in [2.45, 2.75) is 12.3 Å². The number of benzene rings is 1. The lowest BCUT2D eigenvalue weighted by atomic mass is 9.97. The molecule has 1 heterocycles. The number of carboxylic acid groups (broad SMARTS) is 1. The number of thiophene rings is 1. The van der Waals surface area contributed by atoms with Crippen LogP contribution in [0.15, 0.2) is 40.2 Å². The Morgan fingerprint density at radius 2 is 2.17 bits per heavy atom. The molecule has 0 aliphatic rings. The van der Waals surface area contributed by atoms with Crippen LogP contribution in [0.2, 0.25) is 0 Å². The number of carbonyl (C=O) groups is 1. The average Bonchev–Trinajstić information content (AvgIpc) is 3.00. The van der Waals surface area contributed by atoms with Gasteiger partial charge in [-0.2, -0.15) is 0 Å². The largest absolute Gasteiger partial charge is 0.492 e. The molecule has 0 saturated carbocycles. The first-order chi connectivity index (χ1) is 11.0. The monoisotopic (exact) mass is 397 g/mol. The predicted octanol–water partition coefficient (Wildman–Crippen LogP) is 3.86. The Labute approximate surface area is 148 Å². The van der Waals surface area contributed by atoms with Gasteiger partial charge in [0.2, 0.25) is 0 Å². The molecule has 0 fully saturated rings. The van der Waals surface area contributed by atoms with Gasteiger partial charge in [0.05, 0.1) is 5.92 Å². The molecule has 1 aromatic carbocycles. The molecular weight excluding hydrogens is 378 g/mol. The van der Waals surface area contributed by atoms with Crippen molar-refractivity contribution in [3.8, 4) is 5.75 Å². The van der Waals surface area contributed by atoms with Gasteiger partial charge in [0.1, 0.15) is 12.4 Å². The van der Waals surface area contributed by atoms with Crippen LogP contribution in [0.3, 0.4) is 0 Å². The summed E-state index contributed by atoms with van der Waals surface area (Å²) in [5, 5.41) is 11.5. The van der Waals surface area contributed by atoms with Crippen LogP contribution in [0.4, 0.5) is 0 Å². The molecule has 1 atom stereocenters. The quantitative estimate of drug-likeness (QED) is 0.734. The van der Waals surface area contributed by atoms with Crippen molar-refractivity contribution in [3.63, 3.8) is 0 Å². The molecule has 2 aromatic rings. The van der Waals surface area contributed by atoms with Crippen molar-refractivity contribution in [2.24, 2.45) is 0 Å². The highest BCUT2D eigenvalue weighted by atomic mass is 79.9. The normalized spacial score (nSPS) is 12.3. The maximum absolute atomic E-state index is 11.6. The molecule has 0 amide bonds. The SMILES string of the molecule is CN(C)CCOc1ccc(Br)cc1CC(C(=O)O)c1cccs1. The fourth-order valence-corrected chi connectivity index (χ4v) is 3.43. The van der Waals surface area contributed by atoms with Gasteiger partial charge in [-0.3, -0.25) is 4.79 Å². The van der Waals surface area contributed by atoms with E-state index in [1.54, 1.807) is 0 Å². The van der Waals surface area contributed by atoms with Crippen molar-refractivity contribution in [2.75, 3.05) is 27.2 Å². The lowest BCUT2D eigenvalue weighted by Crippen LogP contribution is -2.20. The first kappa shape index (κ1) is 18.0. The standard InChI is InChI=1S/C17H20BrNO3S/c1-19(2)7-8-22-15-6-5-13(18)10-12(15)11-14(17(20)21)16-4-3-9-23-16/h3-6,9-10,14H,7-8,11H2,1-2H3,(H,20,21). The van der Waals surface area contributed by atoms with Gasteiger partial charge in [-0.25, -0.2) is 0 Å². The van der Waals surface area contributed by atoms with Gasteiger partial charge in [0.15, 0.2) is 0 Å².